The van der Waals surface area contributed by atoms with E-state index in [0.29, 0.717) is 0 Å². The minimum Gasteiger partial charge on any atom is -0.345 e. The summed E-state index contributed by atoms with van der Waals surface area (Å²) < 4.78 is 0. The predicted octanol–water partition coefficient (Wildman–Crippen LogP) is 6.82. The molecule has 0 N–H and O–H groups in total. The van der Waals surface area contributed by atoms with Gasteiger partial charge in [-0.15, -0.1) is 0 Å². The molecule has 0 radical (unpaired) electrons. The average molecular weight is 377 g/mol. The number of rotatable bonds is 3. The molecular formula is C27H24N2. The summed E-state index contributed by atoms with van der Waals surface area (Å²) in [6.07, 6.45) is 3.71. The van der Waals surface area contributed by atoms with Crippen molar-refractivity contribution in [2.24, 2.45) is 0 Å². The summed E-state index contributed by atoms with van der Waals surface area (Å²) in [7, 11) is 2.13. The second kappa shape index (κ2) is 6.59. The maximum absolute atomic E-state index is 4.22. The smallest absolute Gasteiger partial charge is 0.0411 e. The van der Waals surface area contributed by atoms with E-state index in [1.54, 1.807) is 6.20 Å². The Morgan fingerprint density at radius 1 is 0.690 bits per heavy atom. The third kappa shape index (κ3) is 2.84. The highest BCUT2D eigenvalue weighted by Gasteiger charge is 2.35. The van der Waals surface area contributed by atoms with Crippen molar-refractivity contribution in [2.45, 2.75) is 19.3 Å². The number of anilines is 2. The summed E-state index contributed by atoms with van der Waals surface area (Å²) in [4.78, 5) is 6.48. The molecule has 29 heavy (non-hydrogen) atoms. The van der Waals surface area contributed by atoms with Gasteiger partial charge in [0.1, 0.15) is 0 Å². The van der Waals surface area contributed by atoms with E-state index in [9.17, 15) is 0 Å². The van der Waals surface area contributed by atoms with Crippen LogP contribution in [0.15, 0.2) is 91.3 Å². The van der Waals surface area contributed by atoms with Gasteiger partial charge in [-0.05, 0) is 63.7 Å². The fourth-order valence-corrected chi connectivity index (χ4v) is 4.46. The van der Waals surface area contributed by atoms with Gasteiger partial charge in [0, 0.05) is 36.2 Å². The van der Waals surface area contributed by atoms with E-state index in [2.05, 4.69) is 104 Å². The zero-order chi connectivity index (χ0) is 20.0. The van der Waals surface area contributed by atoms with Crippen LogP contribution >= 0.6 is 0 Å². The van der Waals surface area contributed by atoms with Crippen molar-refractivity contribution < 1.29 is 0 Å². The third-order valence-corrected chi connectivity index (χ3v) is 6.20. The Kier molecular flexibility index (Phi) is 4.02. The predicted molar refractivity (Wildman–Crippen MR) is 122 cm³/mol. The number of fused-ring (bicyclic) bond motifs is 3. The molecule has 0 unspecified atom stereocenters. The molecule has 0 atom stereocenters. The van der Waals surface area contributed by atoms with Gasteiger partial charge in [-0.3, -0.25) is 4.98 Å². The van der Waals surface area contributed by atoms with Crippen molar-refractivity contribution in [1.29, 1.82) is 0 Å². The van der Waals surface area contributed by atoms with Gasteiger partial charge < -0.3 is 4.90 Å². The van der Waals surface area contributed by atoms with E-state index in [-0.39, 0.29) is 5.41 Å². The Balaban J connectivity index is 1.49. The highest BCUT2D eigenvalue weighted by molar-refractivity contribution is 5.83. The molecule has 4 aromatic rings. The molecular weight excluding hydrogens is 352 g/mol. The first-order chi connectivity index (χ1) is 14.1. The quantitative estimate of drug-likeness (QED) is 0.390. The van der Waals surface area contributed by atoms with Crippen molar-refractivity contribution in [1.82, 2.24) is 4.98 Å². The van der Waals surface area contributed by atoms with Crippen LogP contribution in [-0.2, 0) is 5.41 Å². The van der Waals surface area contributed by atoms with E-state index in [1.165, 1.54) is 39.2 Å². The van der Waals surface area contributed by atoms with Gasteiger partial charge in [0.25, 0.3) is 0 Å². The van der Waals surface area contributed by atoms with E-state index >= 15 is 0 Å². The van der Waals surface area contributed by atoms with Crippen LogP contribution in [0.2, 0.25) is 0 Å². The fraction of sp³-hybridized carbons (Fsp3) is 0.148. The van der Waals surface area contributed by atoms with Gasteiger partial charge in [-0.2, -0.15) is 0 Å². The van der Waals surface area contributed by atoms with Crippen LogP contribution in [0.4, 0.5) is 11.4 Å². The molecule has 0 aliphatic heterocycles. The molecule has 0 fully saturated rings. The summed E-state index contributed by atoms with van der Waals surface area (Å²) in [6.45, 7) is 4.65. The molecule has 1 aliphatic rings. The van der Waals surface area contributed by atoms with E-state index < -0.39 is 0 Å². The molecule has 1 aromatic heterocycles. The molecule has 2 nitrogen and oxygen atoms in total. The number of hydrogen-bond donors (Lipinski definition) is 0. The Labute approximate surface area is 172 Å². The Bertz CT molecular complexity index is 1170. The number of aromatic nitrogens is 1. The first kappa shape index (κ1) is 17.7. The second-order valence-electron chi connectivity index (χ2n) is 8.25. The van der Waals surface area contributed by atoms with Crippen molar-refractivity contribution in [3.63, 3.8) is 0 Å². The summed E-state index contributed by atoms with van der Waals surface area (Å²) in [6, 6.07) is 28.4. The average Bonchev–Trinajstić information content (AvgIpc) is 3.01. The normalized spacial score (nSPS) is 13.6. The molecule has 0 bridgehead atoms. The fourth-order valence-electron chi connectivity index (χ4n) is 4.46. The van der Waals surface area contributed by atoms with E-state index in [4.69, 9.17) is 0 Å². The lowest BCUT2D eigenvalue weighted by Gasteiger charge is -2.25. The number of hydrogen-bond acceptors (Lipinski definition) is 2. The SMILES string of the molecule is CN(c1ccc(-c2cccnc2)cc1)c1ccc2c(c1)C(C)(C)c1ccccc1-2. The van der Waals surface area contributed by atoms with Crippen LogP contribution in [0.1, 0.15) is 25.0 Å². The molecule has 1 heterocycles. The molecule has 2 heteroatoms. The Morgan fingerprint density at radius 3 is 2.17 bits per heavy atom. The van der Waals surface area contributed by atoms with Crippen molar-refractivity contribution >= 4 is 11.4 Å². The van der Waals surface area contributed by atoms with Crippen LogP contribution in [-0.4, -0.2) is 12.0 Å². The van der Waals surface area contributed by atoms with Gasteiger partial charge in [0.15, 0.2) is 0 Å². The Hall–Kier alpha value is -3.39. The standard InChI is InChI=1S/C27H24N2/c1-27(2)25-9-5-4-8-23(25)24-15-14-22(17-26(24)27)29(3)21-12-10-19(11-13-21)20-7-6-16-28-18-20/h4-18H,1-3H3. The summed E-state index contributed by atoms with van der Waals surface area (Å²) in [5.74, 6) is 0. The van der Waals surface area contributed by atoms with Gasteiger partial charge >= 0.3 is 0 Å². The summed E-state index contributed by atoms with van der Waals surface area (Å²) >= 11 is 0. The lowest BCUT2D eigenvalue weighted by Crippen LogP contribution is -2.16. The minimum absolute atomic E-state index is 0.0208. The third-order valence-electron chi connectivity index (χ3n) is 6.20. The molecule has 3 aromatic carbocycles. The lowest BCUT2D eigenvalue weighted by molar-refractivity contribution is 0.660. The number of pyridine rings is 1. The Morgan fingerprint density at radius 2 is 1.41 bits per heavy atom. The second-order valence-corrected chi connectivity index (χ2v) is 8.25. The van der Waals surface area contributed by atoms with Crippen molar-refractivity contribution in [3.05, 3.63) is 102 Å². The van der Waals surface area contributed by atoms with Gasteiger partial charge in [-0.1, -0.05) is 62.4 Å². The molecule has 0 saturated heterocycles. The maximum Gasteiger partial charge on any atom is 0.0411 e. The largest absolute Gasteiger partial charge is 0.345 e. The van der Waals surface area contributed by atoms with Gasteiger partial charge in [0.2, 0.25) is 0 Å². The van der Waals surface area contributed by atoms with Crippen molar-refractivity contribution in [3.8, 4) is 22.3 Å². The van der Waals surface area contributed by atoms with Crippen LogP contribution in [0.25, 0.3) is 22.3 Å². The molecule has 1 aliphatic carbocycles. The monoisotopic (exact) mass is 376 g/mol. The summed E-state index contributed by atoms with van der Waals surface area (Å²) in [5, 5.41) is 0. The van der Waals surface area contributed by atoms with Gasteiger partial charge in [-0.25, -0.2) is 0 Å². The topological polar surface area (TPSA) is 16.1 Å². The highest BCUT2D eigenvalue weighted by Crippen LogP contribution is 2.49. The number of benzene rings is 3. The molecule has 0 spiro atoms. The zero-order valence-corrected chi connectivity index (χ0v) is 17.1. The summed E-state index contributed by atoms with van der Waals surface area (Å²) in [5.41, 5.74) is 10.2. The lowest BCUT2D eigenvalue weighted by atomic mass is 9.82. The maximum atomic E-state index is 4.22. The molecule has 142 valence electrons. The van der Waals surface area contributed by atoms with Crippen LogP contribution in [0, 0.1) is 0 Å². The highest BCUT2D eigenvalue weighted by atomic mass is 15.1. The van der Waals surface area contributed by atoms with Crippen LogP contribution < -0.4 is 4.90 Å². The van der Waals surface area contributed by atoms with Gasteiger partial charge in [0.05, 0.1) is 0 Å². The first-order valence-corrected chi connectivity index (χ1v) is 10.0. The molecule has 0 amide bonds. The van der Waals surface area contributed by atoms with E-state index in [1.807, 2.05) is 12.3 Å². The first-order valence-electron chi connectivity index (χ1n) is 10.0. The zero-order valence-electron chi connectivity index (χ0n) is 17.1. The molecule has 0 saturated carbocycles. The van der Waals surface area contributed by atoms with Crippen LogP contribution in [0.3, 0.4) is 0 Å². The van der Waals surface area contributed by atoms with Crippen LogP contribution in [0.5, 0.6) is 0 Å². The minimum atomic E-state index is 0.0208. The molecule has 5 rings (SSSR count). The van der Waals surface area contributed by atoms with E-state index in [0.717, 1.165) is 5.56 Å². The van der Waals surface area contributed by atoms with Crippen molar-refractivity contribution in [2.75, 3.05) is 11.9 Å². The number of nitrogens with zero attached hydrogens (tertiary/aromatic N) is 2.